The van der Waals surface area contributed by atoms with E-state index < -0.39 is 6.10 Å². The minimum atomic E-state index is -0.555. The van der Waals surface area contributed by atoms with Crippen molar-refractivity contribution in [2.75, 3.05) is 19.8 Å². The molecule has 0 N–H and O–H groups in total. The number of carbonyl (C=O) groups is 2. The van der Waals surface area contributed by atoms with E-state index in [0.717, 1.165) is 103 Å². The Bertz CT molecular complexity index is 1210. The molecule has 0 spiro atoms. The van der Waals surface area contributed by atoms with Crippen LogP contribution in [-0.4, -0.2) is 37.9 Å². The molecule has 0 heterocycles. The number of allylic oxidation sites excluding steroid dienone is 12. The summed E-state index contributed by atoms with van der Waals surface area (Å²) in [7, 11) is 0. The maximum absolute atomic E-state index is 12.9. The van der Waals surface area contributed by atoms with Crippen molar-refractivity contribution in [1.29, 1.82) is 0 Å². The van der Waals surface area contributed by atoms with Crippen LogP contribution in [0, 0.1) is 0 Å². The number of unbranched alkanes of at least 4 members (excludes halogenated alkanes) is 31. The zero-order valence-corrected chi connectivity index (χ0v) is 45.4. The van der Waals surface area contributed by atoms with Crippen LogP contribution < -0.4 is 0 Å². The lowest BCUT2D eigenvalue weighted by atomic mass is 10.0. The van der Waals surface area contributed by atoms with Crippen molar-refractivity contribution < 1.29 is 23.8 Å². The van der Waals surface area contributed by atoms with E-state index in [0.29, 0.717) is 19.4 Å². The molecule has 0 aliphatic carbocycles. The summed E-state index contributed by atoms with van der Waals surface area (Å²) in [6.45, 7) is 7.69. The summed E-state index contributed by atoms with van der Waals surface area (Å²) in [5.41, 5.74) is 0. The number of esters is 2. The van der Waals surface area contributed by atoms with Crippen molar-refractivity contribution in [2.24, 2.45) is 0 Å². The molecule has 0 aromatic heterocycles. The van der Waals surface area contributed by atoms with E-state index in [2.05, 4.69) is 93.7 Å². The zero-order chi connectivity index (χ0) is 49.2. The van der Waals surface area contributed by atoms with E-state index in [9.17, 15) is 9.59 Å². The van der Waals surface area contributed by atoms with Crippen LogP contribution in [0.3, 0.4) is 0 Å². The molecule has 0 aliphatic heterocycles. The highest BCUT2D eigenvalue weighted by molar-refractivity contribution is 5.70. The van der Waals surface area contributed by atoms with Gasteiger partial charge in [-0.05, 0) is 89.9 Å². The molecule has 0 amide bonds. The Morgan fingerprint density at radius 3 is 1.09 bits per heavy atom. The molecule has 0 aliphatic rings. The number of hydrogen-bond acceptors (Lipinski definition) is 5. The van der Waals surface area contributed by atoms with Crippen LogP contribution >= 0.6 is 0 Å². The van der Waals surface area contributed by atoms with Gasteiger partial charge in [0, 0.05) is 19.4 Å². The molecule has 0 fully saturated rings. The first-order valence-corrected chi connectivity index (χ1v) is 29.5. The minimum Gasteiger partial charge on any atom is -0.462 e. The van der Waals surface area contributed by atoms with Crippen molar-refractivity contribution >= 4 is 11.9 Å². The van der Waals surface area contributed by atoms with Crippen molar-refractivity contribution in [3.8, 4) is 0 Å². The molecule has 0 bridgehead atoms. The first kappa shape index (κ1) is 65.3. The normalized spacial score (nSPS) is 12.7. The molecular formula is C63H112O5. The lowest BCUT2D eigenvalue weighted by Gasteiger charge is -2.18. The van der Waals surface area contributed by atoms with Gasteiger partial charge in [-0.3, -0.25) is 9.59 Å². The summed E-state index contributed by atoms with van der Waals surface area (Å²) < 4.78 is 17.5. The number of carbonyl (C=O) groups excluding carboxylic acids is 2. The predicted octanol–water partition coefficient (Wildman–Crippen LogP) is 20.2. The second kappa shape index (κ2) is 58.7. The Morgan fingerprint density at radius 2 is 0.662 bits per heavy atom. The minimum absolute atomic E-state index is 0.0673. The highest BCUT2D eigenvalue weighted by atomic mass is 16.6. The fraction of sp³-hybridized carbons (Fsp3) is 0.778. The number of rotatable bonds is 54. The maximum atomic E-state index is 12.9. The third-order valence-electron chi connectivity index (χ3n) is 12.7. The Labute approximate surface area is 423 Å². The SMILES string of the molecule is CC/C=C\C/C=C\C/C=C\C/C=C\CCCCCCC(=O)OCC(COCCCCCCCCCCCCCCCCCCCCCC)OC(=O)CCCCCCC/C=C\C/C=C\CCCCC. The lowest BCUT2D eigenvalue weighted by Crippen LogP contribution is -2.30. The van der Waals surface area contributed by atoms with Gasteiger partial charge in [0.2, 0.25) is 0 Å². The van der Waals surface area contributed by atoms with E-state index in [-0.39, 0.29) is 25.2 Å². The van der Waals surface area contributed by atoms with E-state index in [4.69, 9.17) is 14.2 Å². The molecule has 394 valence electrons. The predicted molar refractivity (Wildman–Crippen MR) is 297 cm³/mol. The van der Waals surface area contributed by atoms with Crippen molar-refractivity contribution in [2.45, 2.75) is 297 Å². The zero-order valence-electron chi connectivity index (χ0n) is 45.4. The van der Waals surface area contributed by atoms with E-state index in [1.807, 2.05) is 0 Å². The third kappa shape index (κ3) is 55.9. The summed E-state index contributed by atoms with van der Waals surface area (Å²) in [5, 5.41) is 0. The summed E-state index contributed by atoms with van der Waals surface area (Å²) in [4.78, 5) is 25.5. The second-order valence-electron chi connectivity index (χ2n) is 19.5. The third-order valence-corrected chi connectivity index (χ3v) is 12.7. The van der Waals surface area contributed by atoms with Crippen LogP contribution in [0.5, 0.6) is 0 Å². The molecule has 5 heteroatoms. The van der Waals surface area contributed by atoms with Gasteiger partial charge in [-0.15, -0.1) is 0 Å². The molecule has 0 radical (unpaired) electrons. The monoisotopic (exact) mass is 949 g/mol. The maximum Gasteiger partial charge on any atom is 0.306 e. The quantitative estimate of drug-likeness (QED) is 0.0345. The summed E-state index contributed by atoms with van der Waals surface area (Å²) in [5.74, 6) is -0.430. The average molecular weight is 950 g/mol. The molecule has 0 rings (SSSR count). The highest BCUT2D eigenvalue weighted by Gasteiger charge is 2.17. The van der Waals surface area contributed by atoms with Crippen LogP contribution in [0.15, 0.2) is 72.9 Å². The van der Waals surface area contributed by atoms with Gasteiger partial charge < -0.3 is 14.2 Å². The fourth-order valence-corrected chi connectivity index (χ4v) is 8.36. The second-order valence-corrected chi connectivity index (χ2v) is 19.5. The molecule has 0 aromatic rings. The van der Waals surface area contributed by atoms with Gasteiger partial charge in [-0.25, -0.2) is 0 Å². The van der Waals surface area contributed by atoms with Crippen LogP contribution in [0.4, 0.5) is 0 Å². The Morgan fingerprint density at radius 1 is 0.338 bits per heavy atom. The van der Waals surface area contributed by atoms with Gasteiger partial charge in [0.05, 0.1) is 6.61 Å². The van der Waals surface area contributed by atoms with Gasteiger partial charge in [-0.1, -0.05) is 261 Å². The van der Waals surface area contributed by atoms with Gasteiger partial charge in [0.1, 0.15) is 6.61 Å². The highest BCUT2D eigenvalue weighted by Crippen LogP contribution is 2.16. The van der Waals surface area contributed by atoms with Gasteiger partial charge >= 0.3 is 11.9 Å². The van der Waals surface area contributed by atoms with Gasteiger partial charge in [0.15, 0.2) is 6.10 Å². The summed E-state index contributed by atoms with van der Waals surface area (Å²) in [6, 6.07) is 0. The largest absolute Gasteiger partial charge is 0.462 e. The van der Waals surface area contributed by atoms with Crippen LogP contribution in [0.2, 0.25) is 0 Å². The molecule has 5 nitrogen and oxygen atoms in total. The Balaban J connectivity index is 4.29. The molecule has 1 atom stereocenters. The molecule has 0 saturated carbocycles. The molecule has 68 heavy (non-hydrogen) atoms. The number of ether oxygens (including phenoxy) is 3. The standard InChI is InChI=1S/C63H112O5/c1-4-7-10-13-16-19-22-25-28-30-31-32-34-37-40-43-46-49-52-55-58-66-59-61(68-63(65)57-54-51-48-45-42-39-35-27-24-21-18-15-12-9-6-3)60-67-62(64)56-53-50-47-44-41-38-36-33-29-26-23-20-17-14-11-8-5-2/h8,11,17-18,20-21,26-27,29,35-36,38,61H,4-7,9-10,12-16,19,22-25,28,30-34,37,39-60H2,1-3H3/b11-8-,20-17-,21-18-,29-26-,35-27-,38-36-. The van der Waals surface area contributed by atoms with Crippen molar-refractivity contribution in [3.63, 3.8) is 0 Å². The molecule has 0 aromatic carbocycles. The van der Waals surface area contributed by atoms with E-state index in [1.165, 1.54) is 154 Å². The molecule has 0 saturated heterocycles. The Kier molecular flexibility index (Phi) is 56.4. The summed E-state index contributed by atoms with van der Waals surface area (Å²) >= 11 is 0. The van der Waals surface area contributed by atoms with E-state index >= 15 is 0 Å². The van der Waals surface area contributed by atoms with Gasteiger partial charge in [-0.2, -0.15) is 0 Å². The van der Waals surface area contributed by atoms with Crippen molar-refractivity contribution in [3.05, 3.63) is 72.9 Å². The van der Waals surface area contributed by atoms with Crippen LogP contribution in [-0.2, 0) is 23.8 Å². The van der Waals surface area contributed by atoms with Crippen LogP contribution in [0.1, 0.15) is 290 Å². The topological polar surface area (TPSA) is 61.8 Å². The Hall–Kier alpha value is -2.66. The summed E-state index contributed by atoms with van der Waals surface area (Å²) in [6.07, 6.45) is 76.4. The number of hydrogen-bond donors (Lipinski definition) is 0. The first-order valence-electron chi connectivity index (χ1n) is 29.5. The van der Waals surface area contributed by atoms with Gasteiger partial charge in [0.25, 0.3) is 0 Å². The van der Waals surface area contributed by atoms with Crippen LogP contribution in [0.25, 0.3) is 0 Å². The van der Waals surface area contributed by atoms with Crippen molar-refractivity contribution in [1.82, 2.24) is 0 Å². The molecule has 1 unspecified atom stereocenters. The lowest BCUT2D eigenvalue weighted by molar-refractivity contribution is -0.163. The average Bonchev–Trinajstić information content (AvgIpc) is 3.34. The fourth-order valence-electron chi connectivity index (χ4n) is 8.36. The first-order chi connectivity index (χ1) is 33.6. The molecular weight excluding hydrogens is 837 g/mol. The smallest absolute Gasteiger partial charge is 0.306 e. The van der Waals surface area contributed by atoms with E-state index in [1.54, 1.807) is 0 Å².